The van der Waals surface area contributed by atoms with Crippen LogP contribution in [0.2, 0.25) is 0 Å². The average Bonchev–Trinajstić information content (AvgIpc) is 2.82. The van der Waals surface area contributed by atoms with Gasteiger partial charge in [0, 0.05) is 12.5 Å². The van der Waals surface area contributed by atoms with Gasteiger partial charge in [-0.25, -0.2) is 0 Å². The van der Waals surface area contributed by atoms with Crippen LogP contribution in [0.3, 0.4) is 0 Å². The van der Waals surface area contributed by atoms with Crippen LogP contribution in [0.1, 0.15) is 55.6 Å². The highest BCUT2D eigenvalue weighted by Crippen LogP contribution is 2.34. The molecule has 0 aliphatic heterocycles. The highest BCUT2D eigenvalue weighted by atomic mass is 16.3. The van der Waals surface area contributed by atoms with Crippen molar-refractivity contribution in [2.45, 2.75) is 44.4 Å². The third kappa shape index (κ3) is 2.40. The Kier molecular flexibility index (Phi) is 3.42. The number of rotatable bonds is 3. The standard InChI is InChI=1S/C14H20O/c1-11(10-15)12-6-8-14(9-7-12)13-4-2-3-5-13/h6-9,11,13,15H,2-5,10H2,1H3. The van der Waals surface area contributed by atoms with E-state index in [1.165, 1.54) is 36.8 Å². The van der Waals surface area contributed by atoms with Crippen LogP contribution in [0.15, 0.2) is 24.3 Å². The Morgan fingerprint density at radius 1 is 1.20 bits per heavy atom. The zero-order chi connectivity index (χ0) is 10.7. The van der Waals surface area contributed by atoms with Gasteiger partial charge in [-0.1, -0.05) is 44.0 Å². The van der Waals surface area contributed by atoms with Crippen LogP contribution >= 0.6 is 0 Å². The summed E-state index contributed by atoms with van der Waals surface area (Å²) < 4.78 is 0. The maximum absolute atomic E-state index is 9.07. The van der Waals surface area contributed by atoms with Crippen molar-refractivity contribution in [3.63, 3.8) is 0 Å². The molecular formula is C14H20O. The molecule has 2 rings (SSSR count). The normalized spacial score (nSPS) is 19.3. The second-order valence-electron chi connectivity index (χ2n) is 4.73. The summed E-state index contributed by atoms with van der Waals surface area (Å²) in [5, 5.41) is 9.07. The summed E-state index contributed by atoms with van der Waals surface area (Å²) in [6.45, 7) is 2.30. The van der Waals surface area contributed by atoms with Crippen LogP contribution < -0.4 is 0 Å². The summed E-state index contributed by atoms with van der Waals surface area (Å²) in [5.74, 6) is 1.06. The van der Waals surface area contributed by atoms with Gasteiger partial charge in [0.1, 0.15) is 0 Å². The second kappa shape index (κ2) is 4.80. The average molecular weight is 204 g/mol. The molecule has 0 bridgehead atoms. The van der Waals surface area contributed by atoms with E-state index in [-0.39, 0.29) is 12.5 Å². The summed E-state index contributed by atoms with van der Waals surface area (Å²) in [6.07, 6.45) is 5.49. The van der Waals surface area contributed by atoms with E-state index in [0.29, 0.717) is 0 Å². The van der Waals surface area contributed by atoms with Crippen molar-refractivity contribution in [3.05, 3.63) is 35.4 Å². The molecule has 15 heavy (non-hydrogen) atoms. The molecule has 1 fully saturated rings. The zero-order valence-corrected chi connectivity index (χ0v) is 9.45. The van der Waals surface area contributed by atoms with Crippen LogP contribution in [-0.2, 0) is 0 Å². The minimum Gasteiger partial charge on any atom is -0.396 e. The first kappa shape index (κ1) is 10.7. The first-order valence-corrected chi connectivity index (χ1v) is 6.02. The lowest BCUT2D eigenvalue weighted by Gasteiger charge is -2.12. The lowest BCUT2D eigenvalue weighted by molar-refractivity contribution is 0.273. The predicted molar refractivity (Wildman–Crippen MR) is 63.2 cm³/mol. The third-order valence-corrected chi connectivity index (χ3v) is 3.61. The van der Waals surface area contributed by atoms with Gasteiger partial charge < -0.3 is 5.11 Å². The summed E-state index contributed by atoms with van der Waals surface area (Å²) in [6, 6.07) is 8.85. The fourth-order valence-electron chi connectivity index (χ4n) is 2.46. The maximum Gasteiger partial charge on any atom is 0.0497 e. The van der Waals surface area contributed by atoms with Gasteiger partial charge in [0.05, 0.1) is 0 Å². The van der Waals surface area contributed by atoms with Crippen molar-refractivity contribution in [1.82, 2.24) is 0 Å². The van der Waals surface area contributed by atoms with Gasteiger partial charge in [-0.3, -0.25) is 0 Å². The van der Waals surface area contributed by atoms with Crippen molar-refractivity contribution in [2.75, 3.05) is 6.61 Å². The van der Waals surface area contributed by atoms with Crippen molar-refractivity contribution in [1.29, 1.82) is 0 Å². The lowest BCUT2D eigenvalue weighted by Crippen LogP contribution is -1.99. The Balaban J connectivity index is 2.09. The summed E-state index contributed by atoms with van der Waals surface area (Å²) in [7, 11) is 0. The van der Waals surface area contributed by atoms with Crippen LogP contribution in [0.4, 0.5) is 0 Å². The van der Waals surface area contributed by atoms with E-state index in [9.17, 15) is 0 Å². The number of hydrogen-bond acceptors (Lipinski definition) is 1. The first-order valence-electron chi connectivity index (χ1n) is 6.02. The van der Waals surface area contributed by atoms with E-state index in [0.717, 1.165) is 5.92 Å². The van der Waals surface area contributed by atoms with E-state index >= 15 is 0 Å². The van der Waals surface area contributed by atoms with Gasteiger partial charge in [0.2, 0.25) is 0 Å². The minimum absolute atomic E-state index is 0.239. The van der Waals surface area contributed by atoms with Crippen molar-refractivity contribution in [2.24, 2.45) is 0 Å². The molecule has 0 radical (unpaired) electrons. The Hall–Kier alpha value is -0.820. The lowest BCUT2D eigenvalue weighted by atomic mass is 9.94. The molecule has 82 valence electrons. The Morgan fingerprint density at radius 2 is 1.80 bits per heavy atom. The Labute approximate surface area is 92.1 Å². The fraction of sp³-hybridized carbons (Fsp3) is 0.571. The molecule has 0 heterocycles. The van der Waals surface area contributed by atoms with Gasteiger partial charge in [-0.15, -0.1) is 0 Å². The first-order chi connectivity index (χ1) is 7.31. The molecule has 1 aromatic rings. The van der Waals surface area contributed by atoms with Gasteiger partial charge in [-0.05, 0) is 29.9 Å². The molecule has 1 atom stereocenters. The predicted octanol–water partition coefficient (Wildman–Crippen LogP) is 3.44. The van der Waals surface area contributed by atoms with Crippen LogP contribution in [0.5, 0.6) is 0 Å². The zero-order valence-electron chi connectivity index (χ0n) is 9.45. The van der Waals surface area contributed by atoms with Crippen molar-refractivity contribution >= 4 is 0 Å². The smallest absolute Gasteiger partial charge is 0.0497 e. The molecule has 1 N–H and O–H groups in total. The molecule has 1 heteroatoms. The van der Waals surface area contributed by atoms with Crippen LogP contribution in [0.25, 0.3) is 0 Å². The molecule has 1 aliphatic rings. The van der Waals surface area contributed by atoms with E-state index in [1.54, 1.807) is 0 Å². The number of aliphatic hydroxyl groups is 1. The maximum atomic E-state index is 9.07. The third-order valence-electron chi connectivity index (χ3n) is 3.61. The van der Waals surface area contributed by atoms with Gasteiger partial charge in [0.25, 0.3) is 0 Å². The van der Waals surface area contributed by atoms with Crippen LogP contribution in [0, 0.1) is 0 Å². The van der Waals surface area contributed by atoms with Gasteiger partial charge in [0.15, 0.2) is 0 Å². The molecule has 0 spiro atoms. The van der Waals surface area contributed by atoms with E-state index in [2.05, 4.69) is 31.2 Å². The SMILES string of the molecule is CC(CO)c1ccc(C2CCCC2)cc1. The quantitative estimate of drug-likeness (QED) is 0.799. The molecule has 1 nitrogen and oxygen atoms in total. The molecule has 0 aromatic heterocycles. The van der Waals surface area contributed by atoms with E-state index < -0.39 is 0 Å². The van der Waals surface area contributed by atoms with Crippen LogP contribution in [-0.4, -0.2) is 11.7 Å². The van der Waals surface area contributed by atoms with Gasteiger partial charge in [-0.2, -0.15) is 0 Å². The highest BCUT2D eigenvalue weighted by Gasteiger charge is 2.16. The largest absolute Gasteiger partial charge is 0.396 e. The molecular weight excluding hydrogens is 184 g/mol. The number of benzene rings is 1. The molecule has 1 aliphatic carbocycles. The van der Waals surface area contributed by atoms with E-state index in [4.69, 9.17) is 5.11 Å². The minimum atomic E-state index is 0.239. The molecule has 0 amide bonds. The summed E-state index contributed by atoms with van der Waals surface area (Å²) in [4.78, 5) is 0. The topological polar surface area (TPSA) is 20.2 Å². The monoisotopic (exact) mass is 204 g/mol. The summed E-state index contributed by atoms with van der Waals surface area (Å²) in [5.41, 5.74) is 2.74. The van der Waals surface area contributed by atoms with Crippen molar-refractivity contribution < 1.29 is 5.11 Å². The summed E-state index contributed by atoms with van der Waals surface area (Å²) >= 11 is 0. The van der Waals surface area contributed by atoms with Gasteiger partial charge >= 0.3 is 0 Å². The number of hydrogen-bond donors (Lipinski definition) is 1. The number of aliphatic hydroxyl groups excluding tert-OH is 1. The Bertz CT molecular complexity index is 296. The van der Waals surface area contributed by atoms with E-state index in [1.807, 2.05) is 0 Å². The highest BCUT2D eigenvalue weighted by molar-refractivity contribution is 5.27. The molecule has 1 aromatic carbocycles. The fourth-order valence-corrected chi connectivity index (χ4v) is 2.46. The molecule has 0 saturated heterocycles. The second-order valence-corrected chi connectivity index (χ2v) is 4.73. The molecule has 1 unspecified atom stereocenters. The Morgan fingerprint density at radius 3 is 2.33 bits per heavy atom. The molecule has 1 saturated carbocycles. The van der Waals surface area contributed by atoms with Crippen molar-refractivity contribution in [3.8, 4) is 0 Å².